The second kappa shape index (κ2) is 6.63. The molecule has 1 saturated heterocycles. The summed E-state index contributed by atoms with van der Waals surface area (Å²) < 4.78 is 0. The topological polar surface area (TPSA) is 62.7 Å². The molecule has 21 heavy (non-hydrogen) atoms. The van der Waals surface area contributed by atoms with Gasteiger partial charge in [0.25, 0.3) is 0 Å². The number of pyridine rings is 1. The lowest BCUT2D eigenvalue weighted by atomic mass is 9.93. The smallest absolute Gasteiger partial charge is 0.150 e. The van der Waals surface area contributed by atoms with Gasteiger partial charge in [-0.15, -0.1) is 0 Å². The number of hydrogen-bond acceptors (Lipinski definition) is 5. The van der Waals surface area contributed by atoms with Crippen LogP contribution >= 0.6 is 0 Å². The molecule has 110 valence electrons. The first kappa shape index (κ1) is 13.9. The van der Waals surface area contributed by atoms with E-state index in [9.17, 15) is 0 Å². The largest absolute Gasteiger partial charge is 0.323 e. The van der Waals surface area contributed by atoms with E-state index in [1.165, 1.54) is 12.8 Å². The van der Waals surface area contributed by atoms with Gasteiger partial charge in [-0.05, 0) is 56.8 Å². The average molecular weight is 283 g/mol. The lowest BCUT2D eigenvalue weighted by Crippen LogP contribution is -2.28. The van der Waals surface area contributed by atoms with Gasteiger partial charge in [0, 0.05) is 6.20 Å². The van der Waals surface area contributed by atoms with Crippen molar-refractivity contribution in [3.05, 3.63) is 42.0 Å². The first-order valence-electron chi connectivity index (χ1n) is 7.51. The van der Waals surface area contributed by atoms with E-state index in [1.807, 2.05) is 25.3 Å². The number of piperidine rings is 1. The van der Waals surface area contributed by atoms with Crippen LogP contribution in [0.25, 0.3) is 0 Å². The monoisotopic (exact) mass is 283 g/mol. The molecule has 3 rings (SSSR count). The molecule has 1 aliphatic rings. The van der Waals surface area contributed by atoms with Crippen molar-refractivity contribution < 1.29 is 0 Å². The van der Waals surface area contributed by atoms with Gasteiger partial charge >= 0.3 is 0 Å². The SMILES string of the molecule is Cc1cccnc1Nc1cnc(CC2CCNCC2)cn1. The lowest BCUT2D eigenvalue weighted by molar-refractivity contribution is 0.370. The molecular formula is C16H21N5. The van der Waals surface area contributed by atoms with Crippen LogP contribution in [0.5, 0.6) is 0 Å². The number of nitrogens with zero attached hydrogens (tertiary/aromatic N) is 3. The van der Waals surface area contributed by atoms with E-state index in [2.05, 4.69) is 25.6 Å². The maximum atomic E-state index is 4.53. The van der Waals surface area contributed by atoms with Crippen LogP contribution in [-0.4, -0.2) is 28.0 Å². The fourth-order valence-electron chi connectivity index (χ4n) is 2.64. The molecule has 5 heteroatoms. The molecule has 3 heterocycles. The summed E-state index contributed by atoms with van der Waals surface area (Å²) in [5.74, 6) is 2.31. The van der Waals surface area contributed by atoms with E-state index in [0.717, 1.165) is 48.3 Å². The van der Waals surface area contributed by atoms with E-state index >= 15 is 0 Å². The summed E-state index contributed by atoms with van der Waals surface area (Å²) in [6.07, 6.45) is 8.93. The van der Waals surface area contributed by atoms with E-state index in [4.69, 9.17) is 0 Å². The zero-order valence-electron chi connectivity index (χ0n) is 12.3. The third-order valence-electron chi connectivity index (χ3n) is 3.92. The summed E-state index contributed by atoms with van der Waals surface area (Å²) in [5.41, 5.74) is 2.17. The molecule has 5 nitrogen and oxygen atoms in total. The molecule has 0 bridgehead atoms. The van der Waals surface area contributed by atoms with Crippen LogP contribution in [0, 0.1) is 12.8 Å². The fourth-order valence-corrected chi connectivity index (χ4v) is 2.64. The Bertz CT molecular complexity index is 575. The number of rotatable bonds is 4. The predicted molar refractivity (Wildman–Crippen MR) is 83.6 cm³/mol. The van der Waals surface area contributed by atoms with Gasteiger partial charge in [0.15, 0.2) is 0 Å². The van der Waals surface area contributed by atoms with Gasteiger partial charge in [-0.2, -0.15) is 0 Å². The molecule has 2 N–H and O–H groups in total. The quantitative estimate of drug-likeness (QED) is 0.902. The number of hydrogen-bond donors (Lipinski definition) is 2. The predicted octanol–water partition coefficient (Wildman–Crippen LogP) is 2.47. The first-order chi connectivity index (χ1) is 10.3. The molecule has 2 aromatic rings. The van der Waals surface area contributed by atoms with Crippen molar-refractivity contribution in [3.8, 4) is 0 Å². The van der Waals surface area contributed by atoms with Gasteiger partial charge in [-0.25, -0.2) is 9.97 Å². The molecule has 0 amide bonds. The molecule has 0 aromatic carbocycles. The highest BCUT2D eigenvalue weighted by molar-refractivity contribution is 5.54. The van der Waals surface area contributed by atoms with Crippen LogP contribution in [0.4, 0.5) is 11.6 Å². The van der Waals surface area contributed by atoms with Crippen LogP contribution in [0.1, 0.15) is 24.1 Å². The van der Waals surface area contributed by atoms with Crippen LogP contribution in [0.15, 0.2) is 30.7 Å². The van der Waals surface area contributed by atoms with Crippen molar-refractivity contribution in [1.29, 1.82) is 0 Å². The molecule has 1 fully saturated rings. The summed E-state index contributed by atoms with van der Waals surface area (Å²) in [5, 5.41) is 6.60. The van der Waals surface area contributed by atoms with Crippen molar-refractivity contribution in [2.75, 3.05) is 18.4 Å². The number of anilines is 2. The highest BCUT2D eigenvalue weighted by Crippen LogP contribution is 2.18. The minimum atomic E-state index is 0.734. The third-order valence-corrected chi connectivity index (χ3v) is 3.92. The summed E-state index contributed by atoms with van der Waals surface area (Å²) >= 11 is 0. The molecule has 2 aromatic heterocycles. The van der Waals surface area contributed by atoms with Crippen molar-refractivity contribution in [3.63, 3.8) is 0 Å². The highest BCUT2D eigenvalue weighted by Gasteiger charge is 2.14. The third kappa shape index (κ3) is 3.76. The Morgan fingerprint density at radius 1 is 1.19 bits per heavy atom. The Morgan fingerprint density at radius 3 is 2.76 bits per heavy atom. The second-order valence-electron chi connectivity index (χ2n) is 5.58. The summed E-state index contributed by atoms with van der Waals surface area (Å²) in [7, 11) is 0. The normalized spacial score (nSPS) is 15.9. The highest BCUT2D eigenvalue weighted by atomic mass is 15.1. The Morgan fingerprint density at radius 2 is 2.05 bits per heavy atom. The standard InChI is InChI=1S/C16H21N5/c1-12-3-2-6-18-16(12)21-15-11-19-14(10-20-15)9-13-4-7-17-8-5-13/h2-3,6,10-11,13,17H,4-5,7-9H2,1H3,(H,18,20,21). The molecule has 0 spiro atoms. The Hall–Kier alpha value is -2.01. The van der Waals surface area contributed by atoms with Crippen molar-refractivity contribution in [1.82, 2.24) is 20.3 Å². The van der Waals surface area contributed by atoms with Crippen LogP contribution in [0.2, 0.25) is 0 Å². The molecule has 0 saturated carbocycles. The van der Waals surface area contributed by atoms with Crippen LogP contribution in [0.3, 0.4) is 0 Å². The van der Waals surface area contributed by atoms with Crippen molar-refractivity contribution in [2.24, 2.45) is 5.92 Å². The average Bonchev–Trinajstić information content (AvgIpc) is 2.52. The maximum absolute atomic E-state index is 4.53. The second-order valence-corrected chi connectivity index (χ2v) is 5.58. The molecule has 1 aliphatic heterocycles. The molecular weight excluding hydrogens is 262 g/mol. The van der Waals surface area contributed by atoms with E-state index in [1.54, 1.807) is 12.4 Å². The summed E-state index contributed by atoms with van der Waals surface area (Å²) in [6, 6.07) is 3.95. The number of aryl methyl sites for hydroxylation is 1. The first-order valence-corrected chi connectivity index (χ1v) is 7.51. The molecule has 0 unspecified atom stereocenters. The van der Waals surface area contributed by atoms with Crippen LogP contribution in [-0.2, 0) is 6.42 Å². The van der Waals surface area contributed by atoms with Gasteiger partial charge < -0.3 is 10.6 Å². The summed E-state index contributed by atoms with van der Waals surface area (Å²) in [6.45, 7) is 4.27. The Balaban J connectivity index is 1.62. The van der Waals surface area contributed by atoms with Crippen molar-refractivity contribution >= 4 is 11.6 Å². The minimum Gasteiger partial charge on any atom is -0.323 e. The minimum absolute atomic E-state index is 0.734. The van der Waals surface area contributed by atoms with Gasteiger partial charge in [0.05, 0.1) is 18.1 Å². The van der Waals surface area contributed by atoms with Crippen molar-refractivity contribution in [2.45, 2.75) is 26.2 Å². The number of aromatic nitrogens is 3. The molecule has 0 radical (unpaired) electrons. The molecule has 0 aliphatic carbocycles. The van der Waals surface area contributed by atoms with Gasteiger partial charge in [-0.1, -0.05) is 6.07 Å². The van der Waals surface area contributed by atoms with Gasteiger partial charge in [0.1, 0.15) is 11.6 Å². The Kier molecular flexibility index (Phi) is 4.40. The maximum Gasteiger partial charge on any atom is 0.150 e. The Labute approximate surface area is 125 Å². The summed E-state index contributed by atoms with van der Waals surface area (Å²) in [4.78, 5) is 13.3. The van der Waals surface area contributed by atoms with Gasteiger partial charge in [-0.3, -0.25) is 4.98 Å². The number of nitrogens with one attached hydrogen (secondary N) is 2. The fraction of sp³-hybridized carbons (Fsp3) is 0.438. The van der Waals surface area contributed by atoms with E-state index in [-0.39, 0.29) is 0 Å². The lowest BCUT2D eigenvalue weighted by Gasteiger charge is -2.21. The van der Waals surface area contributed by atoms with E-state index < -0.39 is 0 Å². The van der Waals surface area contributed by atoms with Gasteiger partial charge in [0.2, 0.25) is 0 Å². The molecule has 0 atom stereocenters. The zero-order chi connectivity index (χ0) is 14.5. The van der Waals surface area contributed by atoms with Crippen LogP contribution < -0.4 is 10.6 Å². The zero-order valence-corrected chi connectivity index (χ0v) is 12.3. The van der Waals surface area contributed by atoms with E-state index in [0.29, 0.717) is 0 Å².